The van der Waals surface area contributed by atoms with Crippen LogP contribution in [-0.4, -0.2) is 51.1 Å². The van der Waals surface area contributed by atoms with Gasteiger partial charge in [0.15, 0.2) is 12.6 Å². The zero-order chi connectivity index (χ0) is 21.8. The number of nitrogens with one attached hydrogen (secondary N) is 2. The van der Waals surface area contributed by atoms with E-state index in [1.54, 1.807) is 20.2 Å². The van der Waals surface area contributed by atoms with Crippen molar-refractivity contribution in [1.29, 1.82) is 0 Å². The second-order valence-electron chi connectivity index (χ2n) is 6.18. The first-order chi connectivity index (χ1) is 14.4. The molecule has 0 fully saturated rings. The van der Waals surface area contributed by atoms with Gasteiger partial charge < -0.3 is 24.8 Å². The van der Waals surface area contributed by atoms with Crippen LogP contribution in [0.3, 0.4) is 0 Å². The lowest BCUT2D eigenvalue weighted by Gasteiger charge is -2.13. The third kappa shape index (κ3) is 8.99. The number of nitrogens with zero attached hydrogens (tertiary/aromatic N) is 2. The van der Waals surface area contributed by atoms with Gasteiger partial charge in [-0.15, -0.1) is 0 Å². The fraction of sp³-hybridized carbons (Fsp3) is 0.400. The summed E-state index contributed by atoms with van der Waals surface area (Å²) in [5.41, 5.74) is 1.55. The number of hydrogen-bond donors (Lipinski definition) is 2. The summed E-state index contributed by atoms with van der Waals surface area (Å²) < 4.78 is 51.8. The molecule has 2 aromatic rings. The molecule has 7 nitrogen and oxygen atoms in total. The second-order valence-corrected chi connectivity index (χ2v) is 6.18. The molecule has 10 heteroatoms. The molecule has 0 amide bonds. The average Bonchev–Trinajstić information content (AvgIpc) is 2.73. The Bertz CT molecular complexity index is 799. The number of aliphatic imine (C=N–C) groups is 1. The van der Waals surface area contributed by atoms with Crippen molar-refractivity contribution in [3.8, 4) is 11.6 Å². The smallest absolute Gasteiger partial charge is 0.422 e. The summed E-state index contributed by atoms with van der Waals surface area (Å²) in [6, 6.07) is 10.5. The maximum atomic E-state index is 12.2. The van der Waals surface area contributed by atoms with E-state index in [1.165, 1.54) is 12.3 Å². The van der Waals surface area contributed by atoms with Crippen molar-refractivity contribution in [2.24, 2.45) is 4.99 Å². The van der Waals surface area contributed by atoms with E-state index in [0.717, 1.165) is 23.4 Å². The van der Waals surface area contributed by atoms with Gasteiger partial charge in [-0.25, -0.2) is 4.98 Å². The van der Waals surface area contributed by atoms with Gasteiger partial charge in [0.05, 0.1) is 6.61 Å². The van der Waals surface area contributed by atoms with Gasteiger partial charge in [-0.2, -0.15) is 13.2 Å². The Morgan fingerprint density at radius 1 is 1.13 bits per heavy atom. The highest BCUT2D eigenvalue weighted by Crippen LogP contribution is 2.18. The predicted molar refractivity (Wildman–Crippen MR) is 108 cm³/mol. The third-order valence-corrected chi connectivity index (χ3v) is 3.72. The largest absolute Gasteiger partial charge is 0.493 e. The van der Waals surface area contributed by atoms with E-state index in [9.17, 15) is 13.2 Å². The van der Waals surface area contributed by atoms with Crippen molar-refractivity contribution in [2.45, 2.75) is 19.1 Å². The number of rotatable bonds is 10. The first-order valence-electron chi connectivity index (χ1n) is 9.23. The summed E-state index contributed by atoms with van der Waals surface area (Å²) in [6.45, 7) is 0.196. The standard InChI is InChI=1S/C20H25F3N4O3/c1-24-19(27-16-5-3-6-17(11-16)29-10-4-9-28-2)26-13-15-7-8-18(25-12-15)30-14-20(21,22)23/h3,5-8,11-12H,4,9-10,13-14H2,1-2H3,(H2,24,26,27). The predicted octanol–water partition coefficient (Wildman–Crippen LogP) is 3.63. The second kappa shape index (κ2) is 11.9. The number of guanidine groups is 1. The van der Waals surface area contributed by atoms with Gasteiger partial charge in [-0.1, -0.05) is 12.1 Å². The van der Waals surface area contributed by atoms with E-state index in [0.29, 0.717) is 25.7 Å². The Morgan fingerprint density at radius 3 is 2.63 bits per heavy atom. The van der Waals surface area contributed by atoms with Crippen LogP contribution in [-0.2, 0) is 11.3 Å². The molecule has 0 aliphatic rings. The van der Waals surface area contributed by atoms with Gasteiger partial charge in [0.25, 0.3) is 0 Å². The Balaban J connectivity index is 1.83. The molecule has 0 unspecified atom stereocenters. The van der Waals surface area contributed by atoms with Crippen molar-refractivity contribution >= 4 is 11.6 Å². The SMILES string of the molecule is CN=C(NCc1ccc(OCC(F)(F)F)nc1)Nc1cccc(OCCCOC)c1. The van der Waals surface area contributed by atoms with Gasteiger partial charge in [0, 0.05) is 57.7 Å². The maximum absolute atomic E-state index is 12.2. The molecule has 0 spiro atoms. The molecule has 0 radical (unpaired) electrons. The Kier molecular flexibility index (Phi) is 9.20. The first kappa shape index (κ1) is 23.3. The summed E-state index contributed by atoms with van der Waals surface area (Å²) in [5, 5.41) is 6.26. The summed E-state index contributed by atoms with van der Waals surface area (Å²) in [6.07, 6.45) is -2.15. The van der Waals surface area contributed by atoms with Gasteiger partial charge in [0.1, 0.15) is 5.75 Å². The zero-order valence-electron chi connectivity index (χ0n) is 16.8. The number of anilines is 1. The summed E-state index contributed by atoms with van der Waals surface area (Å²) in [5.74, 6) is 1.16. The van der Waals surface area contributed by atoms with E-state index < -0.39 is 12.8 Å². The van der Waals surface area contributed by atoms with Gasteiger partial charge in [-0.05, 0) is 17.7 Å². The van der Waals surface area contributed by atoms with Crippen LogP contribution in [0.1, 0.15) is 12.0 Å². The topological polar surface area (TPSA) is 77.0 Å². The molecule has 0 saturated carbocycles. The van der Waals surface area contributed by atoms with Crippen molar-refractivity contribution in [2.75, 3.05) is 39.3 Å². The number of ether oxygens (including phenoxy) is 3. The fourth-order valence-corrected chi connectivity index (χ4v) is 2.32. The van der Waals surface area contributed by atoms with E-state index in [-0.39, 0.29) is 5.88 Å². The number of hydrogen-bond acceptors (Lipinski definition) is 5. The highest BCUT2D eigenvalue weighted by atomic mass is 19.4. The van der Waals surface area contributed by atoms with E-state index >= 15 is 0 Å². The molecule has 0 bridgehead atoms. The first-order valence-corrected chi connectivity index (χ1v) is 9.23. The van der Waals surface area contributed by atoms with Gasteiger partial charge in [0.2, 0.25) is 5.88 Å². The molecule has 1 heterocycles. The maximum Gasteiger partial charge on any atom is 0.422 e. The minimum Gasteiger partial charge on any atom is -0.493 e. The van der Waals surface area contributed by atoms with Crippen LogP contribution in [0.15, 0.2) is 47.6 Å². The molecule has 30 heavy (non-hydrogen) atoms. The third-order valence-electron chi connectivity index (χ3n) is 3.72. The van der Waals surface area contributed by atoms with Crippen LogP contribution < -0.4 is 20.1 Å². The molecule has 0 atom stereocenters. The summed E-state index contributed by atoms with van der Waals surface area (Å²) in [4.78, 5) is 8.03. The molecule has 1 aromatic carbocycles. The monoisotopic (exact) mass is 426 g/mol. The van der Waals surface area contributed by atoms with Crippen molar-refractivity contribution in [3.05, 3.63) is 48.2 Å². The van der Waals surface area contributed by atoms with Crippen LogP contribution in [0, 0.1) is 0 Å². The van der Waals surface area contributed by atoms with E-state index in [2.05, 4.69) is 25.3 Å². The number of halogens is 3. The minimum absolute atomic E-state index is 0.0825. The summed E-state index contributed by atoms with van der Waals surface area (Å²) >= 11 is 0. The molecule has 0 aliphatic carbocycles. The molecule has 2 N–H and O–H groups in total. The molecule has 0 saturated heterocycles. The van der Waals surface area contributed by atoms with Crippen molar-refractivity contribution < 1.29 is 27.4 Å². The van der Waals surface area contributed by atoms with Crippen LogP contribution in [0.5, 0.6) is 11.6 Å². The van der Waals surface area contributed by atoms with Crippen molar-refractivity contribution in [3.63, 3.8) is 0 Å². The van der Waals surface area contributed by atoms with Crippen molar-refractivity contribution in [1.82, 2.24) is 10.3 Å². The highest BCUT2D eigenvalue weighted by molar-refractivity contribution is 5.93. The Morgan fingerprint density at radius 2 is 1.97 bits per heavy atom. The van der Waals surface area contributed by atoms with Gasteiger partial charge >= 0.3 is 6.18 Å². The molecular formula is C20H25F3N4O3. The number of methoxy groups -OCH3 is 1. The lowest BCUT2D eigenvalue weighted by molar-refractivity contribution is -0.154. The normalized spacial score (nSPS) is 11.8. The van der Waals surface area contributed by atoms with Gasteiger partial charge in [-0.3, -0.25) is 4.99 Å². The quantitative estimate of drug-likeness (QED) is 0.343. The fourth-order valence-electron chi connectivity index (χ4n) is 2.32. The highest BCUT2D eigenvalue weighted by Gasteiger charge is 2.28. The minimum atomic E-state index is -4.40. The van der Waals surface area contributed by atoms with Crippen LogP contribution in [0.2, 0.25) is 0 Å². The summed E-state index contributed by atoms with van der Waals surface area (Å²) in [7, 11) is 3.28. The van der Waals surface area contributed by atoms with Crippen LogP contribution in [0.25, 0.3) is 0 Å². The molecular weight excluding hydrogens is 401 g/mol. The Labute approximate surface area is 173 Å². The molecule has 1 aromatic heterocycles. The molecule has 2 rings (SSSR count). The zero-order valence-corrected chi connectivity index (χ0v) is 16.8. The molecule has 164 valence electrons. The number of alkyl halides is 3. The molecule has 0 aliphatic heterocycles. The van der Waals surface area contributed by atoms with E-state index in [1.807, 2.05) is 24.3 Å². The van der Waals surface area contributed by atoms with Crippen LogP contribution in [0.4, 0.5) is 18.9 Å². The van der Waals surface area contributed by atoms with E-state index in [4.69, 9.17) is 9.47 Å². The lowest BCUT2D eigenvalue weighted by atomic mass is 10.3. The number of aromatic nitrogens is 1. The number of benzene rings is 1. The average molecular weight is 426 g/mol. The van der Waals surface area contributed by atoms with Crippen LogP contribution >= 0.6 is 0 Å². The Hall–Kier alpha value is -3.01. The lowest BCUT2D eigenvalue weighted by Crippen LogP contribution is -2.30. The number of pyridine rings is 1.